The second-order valence-electron chi connectivity index (χ2n) is 4.95. The highest BCUT2D eigenvalue weighted by Gasteiger charge is 2.38. The van der Waals surface area contributed by atoms with Crippen LogP contribution in [0.15, 0.2) is 0 Å². The van der Waals surface area contributed by atoms with Crippen molar-refractivity contribution in [2.75, 3.05) is 19.8 Å². The predicted molar refractivity (Wildman–Crippen MR) is 58.8 cm³/mol. The second kappa shape index (κ2) is 4.62. The summed E-state index contributed by atoms with van der Waals surface area (Å²) in [5.74, 6) is 0.767. The third kappa shape index (κ3) is 2.58. The van der Waals surface area contributed by atoms with Crippen LogP contribution in [0.25, 0.3) is 0 Å². The predicted octanol–water partition coefficient (Wildman–Crippen LogP) is 1.46. The van der Waals surface area contributed by atoms with Gasteiger partial charge in [0.05, 0.1) is 12.6 Å². The minimum atomic E-state index is 0.0278. The number of rotatable bonds is 3. The molecule has 0 aromatic rings. The third-order valence-electron chi connectivity index (χ3n) is 3.35. The molecular formula is C12H21NO2. The first-order valence-electron chi connectivity index (χ1n) is 6.07. The lowest BCUT2D eigenvalue weighted by Crippen LogP contribution is -2.47. The van der Waals surface area contributed by atoms with E-state index >= 15 is 0 Å². The number of hydrogen-bond donors (Lipinski definition) is 0. The van der Waals surface area contributed by atoms with E-state index < -0.39 is 0 Å². The average molecular weight is 211 g/mol. The normalized spacial score (nSPS) is 29.1. The molecule has 1 heterocycles. The minimum absolute atomic E-state index is 0.0278. The summed E-state index contributed by atoms with van der Waals surface area (Å²) in [6, 6.07) is 0.472. The van der Waals surface area contributed by atoms with Crippen LogP contribution < -0.4 is 0 Å². The summed E-state index contributed by atoms with van der Waals surface area (Å²) in [5.41, 5.74) is 0. The number of nitrogens with zero attached hydrogens (tertiary/aromatic N) is 1. The largest absolute Gasteiger partial charge is 0.379 e. The smallest absolute Gasteiger partial charge is 0.155 e. The maximum atomic E-state index is 12.1. The SMILES string of the molecule is CC(C)N1CCCOCC1C(=O)C1CC1. The van der Waals surface area contributed by atoms with Crippen LogP contribution in [0.2, 0.25) is 0 Å². The van der Waals surface area contributed by atoms with E-state index in [9.17, 15) is 4.79 Å². The molecule has 1 saturated carbocycles. The van der Waals surface area contributed by atoms with Crippen LogP contribution in [0.5, 0.6) is 0 Å². The molecule has 0 aromatic carbocycles. The van der Waals surface area contributed by atoms with Crippen LogP contribution in [0.3, 0.4) is 0 Å². The summed E-state index contributed by atoms with van der Waals surface area (Å²) in [6.45, 7) is 6.74. The molecule has 0 radical (unpaired) electrons. The van der Waals surface area contributed by atoms with Gasteiger partial charge in [0.1, 0.15) is 0 Å². The molecule has 0 aromatic heterocycles. The third-order valence-corrected chi connectivity index (χ3v) is 3.35. The Balaban J connectivity index is 2.05. The van der Waals surface area contributed by atoms with Gasteiger partial charge in [0.25, 0.3) is 0 Å². The van der Waals surface area contributed by atoms with Gasteiger partial charge in [-0.25, -0.2) is 0 Å². The fourth-order valence-corrected chi connectivity index (χ4v) is 2.30. The van der Waals surface area contributed by atoms with Crippen molar-refractivity contribution in [1.29, 1.82) is 0 Å². The van der Waals surface area contributed by atoms with Crippen LogP contribution in [0.1, 0.15) is 33.1 Å². The van der Waals surface area contributed by atoms with E-state index in [-0.39, 0.29) is 6.04 Å². The molecule has 3 nitrogen and oxygen atoms in total. The first-order chi connectivity index (χ1) is 7.20. The van der Waals surface area contributed by atoms with Crippen molar-refractivity contribution in [3.05, 3.63) is 0 Å². The summed E-state index contributed by atoms with van der Waals surface area (Å²) in [4.78, 5) is 14.4. The molecule has 2 fully saturated rings. The fourth-order valence-electron chi connectivity index (χ4n) is 2.30. The molecule has 0 amide bonds. The van der Waals surface area contributed by atoms with Gasteiger partial charge in [-0.15, -0.1) is 0 Å². The monoisotopic (exact) mass is 211 g/mol. The van der Waals surface area contributed by atoms with Gasteiger partial charge >= 0.3 is 0 Å². The summed E-state index contributed by atoms with van der Waals surface area (Å²) < 4.78 is 5.52. The Morgan fingerprint density at radius 2 is 2.13 bits per heavy atom. The molecular weight excluding hydrogens is 190 g/mol. The lowest BCUT2D eigenvalue weighted by molar-refractivity contribution is -0.127. The van der Waals surface area contributed by atoms with Crippen molar-refractivity contribution < 1.29 is 9.53 Å². The summed E-state index contributed by atoms with van der Waals surface area (Å²) >= 11 is 0. The Kier molecular flexibility index (Phi) is 3.42. The van der Waals surface area contributed by atoms with Gasteiger partial charge in [-0.2, -0.15) is 0 Å². The lowest BCUT2D eigenvalue weighted by atomic mass is 10.1. The zero-order valence-electron chi connectivity index (χ0n) is 9.74. The van der Waals surface area contributed by atoms with Crippen LogP contribution in [0, 0.1) is 5.92 Å². The van der Waals surface area contributed by atoms with Crippen molar-refractivity contribution in [3.8, 4) is 0 Å². The molecule has 1 aliphatic carbocycles. The van der Waals surface area contributed by atoms with Gasteiger partial charge in [-0.05, 0) is 33.1 Å². The maximum absolute atomic E-state index is 12.1. The number of Topliss-reactive ketones (excluding diaryl/α,β-unsaturated/α-hetero) is 1. The molecule has 1 unspecified atom stereocenters. The van der Waals surface area contributed by atoms with E-state index in [1.165, 1.54) is 0 Å². The van der Waals surface area contributed by atoms with E-state index in [0.717, 1.165) is 32.4 Å². The Morgan fingerprint density at radius 3 is 2.73 bits per heavy atom. The Hall–Kier alpha value is -0.410. The molecule has 0 bridgehead atoms. The molecule has 0 spiro atoms. The number of ketones is 1. The van der Waals surface area contributed by atoms with Crippen LogP contribution in [-0.4, -0.2) is 42.5 Å². The van der Waals surface area contributed by atoms with Gasteiger partial charge in [0.2, 0.25) is 0 Å². The zero-order chi connectivity index (χ0) is 10.8. The molecule has 0 N–H and O–H groups in total. The van der Waals surface area contributed by atoms with E-state index in [0.29, 0.717) is 24.3 Å². The topological polar surface area (TPSA) is 29.5 Å². The standard InChI is InChI=1S/C12H21NO2/c1-9(2)13-6-3-7-15-8-11(13)12(14)10-4-5-10/h9-11H,3-8H2,1-2H3. The highest BCUT2D eigenvalue weighted by molar-refractivity contribution is 5.88. The molecule has 1 atom stereocenters. The fraction of sp³-hybridized carbons (Fsp3) is 0.917. The van der Waals surface area contributed by atoms with Crippen molar-refractivity contribution >= 4 is 5.78 Å². The van der Waals surface area contributed by atoms with Gasteiger partial charge in [0, 0.05) is 25.1 Å². The van der Waals surface area contributed by atoms with Gasteiger partial charge < -0.3 is 4.74 Å². The van der Waals surface area contributed by atoms with E-state index in [1.54, 1.807) is 0 Å². The molecule has 3 heteroatoms. The number of hydrogen-bond acceptors (Lipinski definition) is 3. The minimum Gasteiger partial charge on any atom is -0.379 e. The molecule has 15 heavy (non-hydrogen) atoms. The highest BCUT2D eigenvalue weighted by Crippen LogP contribution is 2.32. The molecule has 86 valence electrons. The summed E-state index contributed by atoms with van der Waals surface area (Å²) in [6.07, 6.45) is 3.25. The molecule has 1 saturated heterocycles. The van der Waals surface area contributed by atoms with E-state index in [4.69, 9.17) is 4.74 Å². The lowest BCUT2D eigenvalue weighted by Gasteiger charge is -2.31. The summed E-state index contributed by atoms with van der Waals surface area (Å²) in [7, 11) is 0. The Labute approximate surface area is 91.8 Å². The molecule has 1 aliphatic heterocycles. The highest BCUT2D eigenvalue weighted by atomic mass is 16.5. The number of carbonyl (C=O) groups excluding carboxylic acids is 1. The maximum Gasteiger partial charge on any atom is 0.155 e. The zero-order valence-corrected chi connectivity index (χ0v) is 9.74. The van der Waals surface area contributed by atoms with Crippen LogP contribution >= 0.6 is 0 Å². The second-order valence-corrected chi connectivity index (χ2v) is 4.95. The van der Waals surface area contributed by atoms with Gasteiger partial charge in [-0.3, -0.25) is 9.69 Å². The van der Waals surface area contributed by atoms with Crippen LogP contribution in [0.4, 0.5) is 0 Å². The average Bonchev–Trinajstić information content (AvgIpc) is 3.03. The van der Waals surface area contributed by atoms with E-state index in [1.807, 2.05) is 0 Å². The Morgan fingerprint density at radius 1 is 1.40 bits per heavy atom. The van der Waals surface area contributed by atoms with Gasteiger partial charge in [-0.1, -0.05) is 0 Å². The van der Waals surface area contributed by atoms with Crippen molar-refractivity contribution in [2.24, 2.45) is 5.92 Å². The first-order valence-corrected chi connectivity index (χ1v) is 6.07. The number of ether oxygens (including phenoxy) is 1. The van der Waals surface area contributed by atoms with Crippen molar-refractivity contribution in [2.45, 2.75) is 45.2 Å². The summed E-state index contributed by atoms with van der Waals surface area (Å²) in [5, 5.41) is 0. The Bertz CT molecular complexity index is 236. The first kappa shape index (κ1) is 11.1. The molecule has 2 rings (SSSR count). The van der Waals surface area contributed by atoms with Crippen molar-refractivity contribution in [1.82, 2.24) is 4.90 Å². The van der Waals surface area contributed by atoms with Gasteiger partial charge in [0.15, 0.2) is 5.78 Å². The quantitative estimate of drug-likeness (QED) is 0.708. The van der Waals surface area contributed by atoms with Crippen molar-refractivity contribution in [3.63, 3.8) is 0 Å². The van der Waals surface area contributed by atoms with Crippen LogP contribution in [-0.2, 0) is 9.53 Å². The number of carbonyl (C=O) groups is 1. The van der Waals surface area contributed by atoms with E-state index in [2.05, 4.69) is 18.7 Å². The molecule has 2 aliphatic rings.